The van der Waals surface area contributed by atoms with Crippen molar-refractivity contribution in [1.82, 2.24) is 10.3 Å². The lowest BCUT2D eigenvalue weighted by atomic mass is 10.0. The molecule has 2 heterocycles. The molecule has 17 heavy (non-hydrogen) atoms. The molecule has 0 radical (unpaired) electrons. The van der Waals surface area contributed by atoms with E-state index >= 15 is 0 Å². The third-order valence-electron chi connectivity index (χ3n) is 3.16. The van der Waals surface area contributed by atoms with Gasteiger partial charge in [-0.2, -0.15) is 0 Å². The average molecular weight is 253 g/mol. The summed E-state index contributed by atoms with van der Waals surface area (Å²) in [7, 11) is 0. The van der Waals surface area contributed by atoms with Gasteiger partial charge in [0, 0.05) is 5.38 Å². The van der Waals surface area contributed by atoms with Crippen LogP contribution in [0.15, 0.2) is 5.38 Å². The smallest absolute Gasteiger partial charge is 0.243 e. The molecule has 94 valence electrons. The molecule has 5 heteroatoms. The van der Waals surface area contributed by atoms with Crippen molar-refractivity contribution in [2.75, 3.05) is 11.9 Å². The number of anilines is 1. The Bertz CT molecular complexity index is 402. The molecule has 0 saturated carbocycles. The summed E-state index contributed by atoms with van der Waals surface area (Å²) < 4.78 is 0. The molecule has 1 fully saturated rings. The Labute approximate surface area is 106 Å². The zero-order chi connectivity index (χ0) is 12.4. The van der Waals surface area contributed by atoms with Crippen molar-refractivity contribution in [3.05, 3.63) is 11.1 Å². The molecule has 0 spiro atoms. The fraction of sp³-hybridized carbons (Fsp3) is 0.667. The maximum absolute atomic E-state index is 12.0. The van der Waals surface area contributed by atoms with E-state index in [4.69, 9.17) is 0 Å². The van der Waals surface area contributed by atoms with E-state index in [1.54, 1.807) is 0 Å². The highest BCUT2D eigenvalue weighted by molar-refractivity contribution is 7.13. The number of carbonyl (C=O) groups excluding carboxylic acids is 1. The molecular formula is C12H19N3OS. The van der Waals surface area contributed by atoms with E-state index < -0.39 is 0 Å². The highest BCUT2D eigenvalue weighted by atomic mass is 32.1. The van der Waals surface area contributed by atoms with Crippen LogP contribution in [0.25, 0.3) is 0 Å². The molecule has 1 aromatic heterocycles. The SMILES string of the molecule is CC(C)c1csc(NC(=O)C2NCCC2C)n1. The molecule has 4 nitrogen and oxygen atoms in total. The van der Waals surface area contributed by atoms with E-state index in [1.807, 2.05) is 5.38 Å². The summed E-state index contributed by atoms with van der Waals surface area (Å²) in [6.07, 6.45) is 1.06. The summed E-state index contributed by atoms with van der Waals surface area (Å²) in [5, 5.41) is 8.83. The molecule has 2 unspecified atom stereocenters. The molecule has 2 rings (SSSR count). The van der Waals surface area contributed by atoms with Crippen LogP contribution in [0.2, 0.25) is 0 Å². The first kappa shape index (κ1) is 12.5. The lowest BCUT2D eigenvalue weighted by molar-refractivity contribution is -0.118. The molecule has 1 amide bonds. The van der Waals surface area contributed by atoms with Gasteiger partial charge in [-0.3, -0.25) is 4.79 Å². The van der Waals surface area contributed by atoms with Crippen LogP contribution in [-0.2, 0) is 4.79 Å². The van der Waals surface area contributed by atoms with Gasteiger partial charge >= 0.3 is 0 Å². The molecule has 2 atom stereocenters. The normalized spacial score (nSPS) is 24.2. The van der Waals surface area contributed by atoms with Gasteiger partial charge in [-0.15, -0.1) is 11.3 Å². The van der Waals surface area contributed by atoms with Crippen molar-refractivity contribution in [1.29, 1.82) is 0 Å². The number of nitrogens with zero attached hydrogens (tertiary/aromatic N) is 1. The van der Waals surface area contributed by atoms with Crippen molar-refractivity contribution in [2.24, 2.45) is 5.92 Å². The van der Waals surface area contributed by atoms with E-state index in [1.165, 1.54) is 11.3 Å². The van der Waals surface area contributed by atoms with Crippen LogP contribution in [0.1, 0.15) is 38.8 Å². The fourth-order valence-corrected chi connectivity index (χ4v) is 2.85. The van der Waals surface area contributed by atoms with E-state index in [-0.39, 0.29) is 11.9 Å². The highest BCUT2D eigenvalue weighted by Crippen LogP contribution is 2.22. The maximum atomic E-state index is 12.0. The second-order valence-corrected chi connectivity index (χ2v) is 5.78. The zero-order valence-corrected chi connectivity index (χ0v) is 11.3. The zero-order valence-electron chi connectivity index (χ0n) is 10.5. The monoisotopic (exact) mass is 253 g/mol. The number of aromatic nitrogens is 1. The lowest BCUT2D eigenvalue weighted by Gasteiger charge is -2.13. The standard InChI is InChI=1S/C12H19N3OS/c1-7(2)9-6-17-12(14-9)15-11(16)10-8(3)4-5-13-10/h6-8,10,13H,4-5H2,1-3H3,(H,14,15,16). The lowest BCUT2D eigenvalue weighted by Crippen LogP contribution is -2.39. The second kappa shape index (κ2) is 5.14. The van der Waals surface area contributed by atoms with Crippen molar-refractivity contribution >= 4 is 22.4 Å². The summed E-state index contributed by atoms with van der Waals surface area (Å²) in [5.41, 5.74) is 1.04. The van der Waals surface area contributed by atoms with E-state index in [0.29, 0.717) is 17.0 Å². The minimum atomic E-state index is -0.0681. The van der Waals surface area contributed by atoms with Crippen LogP contribution in [0.3, 0.4) is 0 Å². The predicted octanol–water partition coefficient (Wildman–Crippen LogP) is 2.20. The third-order valence-corrected chi connectivity index (χ3v) is 3.93. The molecule has 1 saturated heterocycles. The van der Waals surface area contributed by atoms with Crippen LogP contribution in [0.5, 0.6) is 0 Å². The van der Waals surface area contributed by atoms with E-state index in [0.717, 1.165) is 18.7 Å². The quantitative estimate of drug-likeness (QED) is 0.868. The van der Waals surface area contributed by atoms with Gasteiger partial charge in [-0.25, -0.2) is 4.98 Å². The molecule has 2 N–H and O–H groups in total. The molecule has 1 aromatic rings. The van der Waals surface area contributed by atoms with Crippen LogP contribution in [0, 0.1) is 5.92 Å². The van der Waals surface area contributed by atoms with Crippen molar-refractivity contribution in [2.45, 2.75) is 39.2 Å². The van der Waals surface area contributed by atoms with Gasteiger partial charge < -0.3 is 10.6 Å². The van der Waals surface area contributed by atoms with Crippen LogP contribution in [-0.4, -0.2) is 23.5 Å². The number of nitrogens with one attached hydrogen (secondary N) is 2. The number of hydrogen-bond acceptors (Lipinski definition) is 4. The number of rotatable bonds is 3. The summed E-state index contributed by atoms with van der Waals surface area (Å²) in [6.45, 7) is 7.22. The Morgan fingerprint density at radius 1 is 1.65 bits per heavy atom. The molecular weight excluding hydrogens is 234 g/mol. The second-order valence-electron chi connectivity index (χ2n) is 4.92. The first-order valence-electron chi connectivity index (χ1n) is 6.07. The number of amides is 1. The van der Waals surface area contributed by atoms with Gasteiger partial charge in [0.15, 0.2) is 5.13 Å². The molecule has 0 aliphatic carbocycles. The average Bonchev–Trinajstić information content (AvgIpc) is 2.86. The predicted molar refractivity (Wildman–Crippen MR) is 70.4 cm³/mol. The Hall–Kier alpha value is -0.940. The first-order chi connectivity index (χ1) is 8.08. The van der Waals surface area contributed by atoms with Crippen molar-refractivity contribution < 1.29 is 4.79 Å². The summed E-state index contributed by atoms with van der Waals surface area (Å²) in [4.78, 5) is 16.4. The molecule has 1 aliphatic heterocycles. The Balaban J connectivity index is 1.97. The van der Waals surface area contributed by atoms with Gasteiger partial charge in [0.25, 0.3) is 0 Å². The Morgan fingerprint density at radius 3 is 2.94 bits per heavy atom. The van der Waals surface area contributed by atoms with Crippen LogP contribution < -0.4 is 10.6 Å². The van der Waals surface area contributed by atoms with Gasteiger partial charge in [0.2, 0.25) is 5.91 Å². The number of carbonyl (C=O) groups is 1. The minimum absolute atomic E-state index is 0.0413. The summed E-state index contributed by atoms with van der Waals surface area (Å²) >= 11 is 1.50. The topological polar surface area (TPSA) is 54.0 Å². The van der Waals surface area contributed by atoms with Crippen molar-refractivity contribution in [3.63, 3.8) is 0 Å². The number of thiazole rings is 1. The number of hydrogen-bond donors (Lipinski definition) is 2. The fourth-order valence-electron chi connectivity index (χ4n) is 1.98. The van der Waals surface area contributed by atoms with Gasteiger partial charge in [-0.1, -0.05) is 20.8 Å². The molecule has 1 aliphatic rings. The maximum Gasteiger partial charge on any atom is 0.243 e. The minimum Gasteiger partial charge on any atom is -0.306 e. The highest BCUT2D eigenvalue weighted by Gasteiger charge is 2.29. The van der Waals surface area contributed by atoms with Crippen LogP contribution >= 0.6 is 11.3 Å². The first-order valence-corrected chi connectivity index (χ1v) is 6.95. The summed E-state index contributed by atoms with van der Waals surface area (Å²) in [6, 6.07) is -0.0681. The van der Waals surface area contributed by atoms with E-state index in [2.05, 4.69) is 36.4 Å². The van der Waals surface area contributed by atoms with Gasteiger partial charge in [0.1, 0.15) is 0 Å². The third kappa shape index (κ3) is 2.84. The Morgan fingerprint density at radius 2 is 2.41 bits per heavy atom. The molecule has 0 aromatic carbocycles. The van der Waals surface area contributed by atoms with Crippen molar-refractivity contribution in [3.8, 4) is 0 Å². The summed E-state index contributed by atoms with van der Waals surface area (Å²) in [5.74, 6) is 0.847. The van der Waals surface area contributed by atoms with Crippen LogP contribution in [0.4, 0.5) is 5.13 Å². The Kier molecular flexibility index (Phi) is 3.79. The molecule has 0 bridgehead atoms. The largest absolute Gasteiger partial charge is 0.306 e. The van der Waals surface area contributed by atoms with E-state index in [9.17, 15) is 4.79 Å². The van der Waals surface area contributed by atoms with Gasteiger partial charge in [-0.05, 0) is 24.8 Å². The van der Waals surface area contributed by atoms with Gasteiger partial charge in [0.05, 0.1) is 11.7 Å².